The molecule has 2 aromatic heterocycles. The summed E-state index contributed by atoms with van der Waals surface area (Å²) in [6.07, 6.45) is 10.5. The molecule has 0 saturated carbocycles. The minimum absolute atomic E-state index is 0.0578. The minimum Gasteiger partial charge on any atom is -0.346 e. The van der Waals surface area contributed by atoms with Crippen LogP contribution >= 0.6 is 0 Å². The van der Waals surface area contributed by atoms with Gasteiger partial charge in [0.05, 0.1) is 23.6 Å². The van der Waals surface area contributed by atoms with E-state index in [4.69, 9.17) is 0 Å². The molecule has 1 N–H and O–H groups in total. The van der Waals surface area contributed by atoms with Gasteiger partial charge in [0.1, 0.15) is 0 Å². The maximum absolute atomic E-state index is 12.6. The van der Waals surface area contributed by atoms with E-state index in [1.165, 1.54) is 11.3 Å². The van der Waals surface area contributed by atoms with Crippen LogP contribution in [0, 0.1) is 12.3 Å². The smallest absolute Gasteiger partial charge is 0.244 e. The molecule has 3 aromatic rings. The van der Waals surface area contributed by atoms with Crippen LogP contribution in [0.1, 0.15) is 48.7 Å². The van der Waals surface area contributed by atoms with Gasteiger partial charge in [0.15, 0.2) is 0 Å². The first kappa shape index (κ1) is 19.1. The van der Waals surface area contributed by atoms with Crippen LogP contribution in [0.25, 0.3) is 11.8 Å². The monoisotopic (exact) mass is 386 g/mol. The SMILES string of the molecule is Cc1ccccc1-n1ncc2c1CC(C)(C)C[C@H]2NC(=O)/C=C/c1cccnc1. The zero-order valence-electron chi connectivity index (χ0n) is 17.1. The van der Waals surface area contributed by atoms with Crippen molar-refractivity contribution in [3.05, 3.63) is 83.4 Å². The fourth-order valence-electron chi connectivity index (χ4n) is 4.05. The standard InChI is InChI=1S/C24H26N4O/c1-17-7-4-5-9-21(17)28-22-14-24(2,3)13-20(19(22)16-26-28)27-23(29)11-10-18-8-6-12-25-15-18/h4-12,15-16,20H,13-14H2,1-3H3,(H,27,29)/b11-10+/t20-/m1/s1. The van der Waals surface area contributed by atoms with E-state index in [1.54, 1.807) is 24.5 Å². The quantitative estimate of drug-likeness (QED) is 0.675. The summed E-state index contributed by atoms with van der Waals surface area (Å²) in [5.41, 5.74) is 5.53. The Morgan fingerprint density at radius 2 is 2.03 bits per heavy atom. The Morgan fingerprint density at radius 3 is 2.79 bits per heavy atom. The first-order valence-electron chi connectivity index (χ1n) is 9.94. The number of aryl methyl sites for hydroxylation is 1. The third-order valence-corrected chi connectivity index (χ3v) is 5.45. The van der Waals surface area contributed by atoms with Crippen molar-refractivity contribution >= 4 is 12.0 Å². The van der Waals surface area contributed by atoms with Gasteiger partial charge >= 0.3 is 0 Å². The number of carbonyl (C=O) groups excluding carboxylic acids is 1. The number of benzene rings is 1. The van der Waals surface area contributed by atoms with Gasteiger partial charge in [0.25, 0.3) is 0 Å². The molecule has 0 fully saturated rings. The maximum Gasteiger partial charge on any atom is 0.244 e. The predicted molar refractivity (Wildman–Crippen MR) is 115 cm³/mol. The van der Waals surface area contributed by atoms with Gasteiger partial charge in [0.2, 0.25) is 5.91 Å². The molecule has 148 valence electrons. The highest BCUT2D eigenvalue weighted by Crippen LogP contribution is 2.41. The van der Waals surface area contributed by atoms with E-state index in [0.29, 0.717) is 0 Å². The number of para-hydroxylation sites is 1. The van der Waals surface area contributed by atoms with Gasteiger partial charge in [-0.05, 0) is 54.5 Å². The topological polar surface area (TPSA) is 59.8 Å². The van der Waals surface area contributed by atoms with Crippen molar-refractivity contribution in [2.45, 2.75) is 39.7 Å². The fourth-order valence-corrected chi connectivity index (χ4v) is 4.05. The molecule has 0 aliphatic heterocycles. The number of pyridine rings is 1. The lowest BCUT2D eigenvalue weighted by atomic mass is 9.74. The van der Waals surface area contributed by atoms with Gasteiger partial charge in [-0.15, -0.1) is 0 Å². The molecule has 0 bridgehead atoms. The molecular formula is C24H26N4O. The van der Waals surface area contributed by atoms with E-state index in [0.717, 1.165) is 29.7 Å². The molecule has 0 radical (unpaired) electrons. The van der Waals surface area contributed by atoms with Crippen LogP contribution in [0.4, 0.5) is 0 Å². The number of carbonyl (C=O) groups is 1. The number of hydrogen-bond donors (Lipinski definition) is 1. The lowest BCUT2D eigenvalue weighted by Gasteiger charge is -2.35. The molecule has 0 saturated heterocycles. The summed E-state index contributed by atoms with van der Waals surface area (Å²) < 4.78 is 2.04. The summed E-state index contributed by atoms with van der Waals surface area (Å²) in [5, 5.41) is 7.87. The van der Waals surface area contributed by atoms with E-state index in [9.17, 15) is 4.79 Å². The fraction of sp³-hybridized carbons (Fsp3) is 0.292. The second-order valence-electron chi connectivity index (χ2n) is 8.47. The number of nitrogens with one attached hydrogen (secondary N) is 1. The van der Waals surface area contributed by atoms with Crippen LogP contribution in [0.15, 0.2) is 61.1 Å². The van der Waals surface area contributed by atoms with Crippen LogP contribution in [0.3, 0.4) is 0 Å². The van der Waals surface area contributed by atoms with Crippen LogP contribution < -0.4 is 5.32 Å². The summed E-state index contributed by atoms with van der Waals surface area (Å²) in [4.78, 5) is 16.7. The van der Waals surface area contributed by atoms with Gasteiger partial charge in [0, 0.05) is 24.0 Å². The second-order valence-corrected chi connectivity index (χ2v) is 8.47. The van der Waals surface area contributed by atoms with Crippen LogP contribution in [0.2, 0.25) is 0 Å². The average Bonchev–Trinajstić information content (AvgIpc) is 3.10. The number of nitrogens with zero attached hydrogens (tertiary/aromatic N) is 3. The normalized spacial score (nSPS) is 17.8. The van der Waals surface area contributed by atoms with Crippen LogP contribution in [-0.4, -0.2) is 20.7 Å². The summed E-state index contributed by atoms with van der Waals surface area (Å²) in [6, 6.07) is 12.0. The van der Waals surface area contributed by atoms with E-state index in [-0.39, 0.29) is 17.4 Å². The van der Waals surface area contributed by atoms with Crippen molar-refractivity contribution < 1.29 is 4.79 Å². The number of fused-ring (bicyclic) bond motifs is 1. The largest absolute Gasteiger partial charge is 0.346 e. The average molecular weight is 386 g/mol. The lowest BCUT2D eigenvalue weighted by Crippen LogP contribution is -2.36. The number of amides is 1. The first-order chi connectivity index (χ1) is 13.9. The van der Waals surface area contributed by atoms with E-state index in [1.807, 2.05) is 35.1 Å². The molecule has 0 unspecified atom stereocenters. The molecule has 1 atom stereocenters. The highest BCUT2D eigenvalue weighted by Gasteiger charge is 2.35. The summed E-state index contributed by atoms with van der Waals surface area (Å²) >= 11 is 0. The lowest BCUT2D eigenvalue weighted by molar-refractivity contribution is -0.117. The second kappa shape index (κ2) is 7.66. The molecular weight excluding hydrogens is 360 g/mol. The van der Waals surface area contributed by atoms with E-state index >= 15 is 0 Å². The van der Waals surface area contributed by atoms with Gasteiger partial charge in [-0.3, -0.25) is 9.78 Å². The Balaban J connectivity index is 1.61. The Bertz CT molecular complexity index is 1050. The number of aromatic nitrogens is 3. The third kappa shape index (κ3) is 4.14. The molecule has 1 aromatic carbocycles. The molecule has 5 heteroatoms. The molecule has 1 amide bonds. The van der Waals surface area contributed by atoms with Gasteiger partial charge in [-0.1, -0.05) is 38.1 Å². The summed E-state index contributed by atoms with van der Waals surface area (Å²) in [5.74, 6) is -0.105. The number of rotatable bonds is 4. The zero-order chi connectivity index (χ0) is 20.4. The van der Waals surface area contributed by atoms with Crippen molar-refractivity contribution in [1.29, 1.82) is 0 Å². The van der Waals surface area contributed by atoms with Gasteiger partial charge in [-0.2, -0.15) is 5.10 Å². The highest BCUT2D eigenvalue weighted by atomic mass is 16.1. The van der Waals surface area contributed by atoms with Crippen molar-refractivity contribution in [3.8, 4) is 5.69 Å². The third-order valence-electron chi connectivity index (χ3n) is 5.45. The molecule has 1 aliphatic carbocycles. The summed E-state index contributed by atoms with van der Waals surface area (Å²) in [6.45, 7) is 6.59. The maximum atomic E-state index is 12.6. The zero-order valence-corrected chi connectivity index (χ0v) is 17.1. The van der Waals surface area contributed by atoms with Crippen LogP contribution in [0.5, 0.6) is 0 Å². The van der Waals surface area contributed by atoms with Gasteiger partial charge in [-0.25, -0.2) is 4.68 Å². The molecule has 0 spiro atoms. The van der Waals surface area contributed by atoms with E-state index in [2.05, 4.69) is 48.3 Å². The summed E-state index contributed by atoms with van der Waals surface area (Å²) in [7, 11) is 0. The Kier molecular flexibility index (Phi) is 5.05. The molecule has 1 aliphatic rings. The first-order valence-corrected chi connectivity index (χ1v) is 9.94. The molecule has 2 heterocycles. The minimum atomic E-state index is -0.105. The van der Waals surface area contributed by atoms with Gasteiger partial charge < -0.3 is 5.32 Å². The van der Waals surface area contributed by atoms with Crippen molar-refractivity contribution in [2.24, 2.45) is 5.41 Å². The Hall–Kier alpha value is -3.21. The molecule has 4 rings (SSSR count). The highest BCUT2D eigenvalue weighted by molar-refractivity contribution is 5.92. The van der Waals surface area contributed by atoms with Crippen LogP contribution in [-0.2, 0) is 11.2 Å². The van der Waals surface area contributed by atoms with Crippen molar-refractivity contribution in [1.82, 2.24) is 20.1 Å². The number of hydrogen-bond acceptors (Lipinski definition) is 3. The Labute approximate surface area is 171 Å². The van der Waals surface area contributed by atoms with E-state index < -0.39 is 0 Å². The van der Waals surface area contributed by atoms with Crippen molar-refractivity contribution in [3.63, 3.8) is 0 Å². The molecule has 5 nitrogen and oxygen atoms in total. The molecule has 29 heavy (non-hydrogen) atoms. The van der Waals surface area contributed by atoms with Crippen molar-refractivity contribution in [2.75, 3.05) is 0 Å². The Morgan fingerprint density at radius 1 is 1.21 bits per heavy atom. The predicted octanol–water partition coefficient (Wildman–Crippen LogP) is 4.42.